The van der Waals surface area contributed by atoms with Crippen LogP contribution < -0.4 is 5.32 Å². The van der Waals surface area contributed by atoms with Crippen molar-refractivity contribution in [2.24, 2.45) is 0 Å². The van der Waals surface area contributed by atoms with Crippen molar-refractivity contribution in [1.82, 2.24) is 5.32 Å². The van der Waals surface area contributed by atoms with Gasteiger partial charge in [-0.15, -0.1) is 0 Å². The lowest BCUT2D eigenvalue weighted by Gasteiger charge is -2.15. The highest BCUT2D eigenvalue weighted by Gasteiger charge is 2.12. The Morgan fingerprint density at radius 2 is 2.21 bits per heavy atom. The van der Waals surface area contributed by atoms with Crippen LogP contribution >= 0.6 is 27.3 Å². The highest BCUT2D eigenvalue weighted by molar-refractivity contribution is 9.10. The SMILES string of the molecule is C[C@H](NCc1csc([N+](=O)[O-])c1)c1ccccc1Br. The molecule has 19 heavy (non-hydrogen) atoms. The van der Waals surface area contributed by atoms with Gasteiger partial charge in [0.2, 0.25) is 0 Å². The Balaban J connectivity index is 1.98. The van der Waals surface area contributed by atoms with Crippen molar-refractivity contribution in [3.05, 3.63) is 61.4 Å². The molecule has 0 spiro atoms. The molecule has 0 saturated heterocycles. The first kappa shape index (κ1) is 14.2. The van der Waals surface area contributed by atoms with Gasteiger partial charge in [-0.25, -0.2) is 0 Å². The number of thiophene rings is 1. The molecule has 0 aliphatic rings. The van der Waals surface area contributed by atoms with Crippen LogP contribution in [0.25, 0.3) is 0 Å². The van der Waals surface area contributed by atoms with Gasteiger partial charge in [-0.2, -0.15) is 0 Å². The maximum atomic E-state index is 10.6. The summed E-state index contributed by atoms with van der Waals surface area (Å²) in [6.45, 7) is 2.69. The molecular weight excluding hydrogens is 328 g/mol. The van der Waals surface area contributed by atoms with E-state index in [4.69, 9.17) is 0 Å². The number of nitrogens with zero attached hydrogens (tertiary/aromatic N) is 1. The van der Waals surface area contributed by atoms with Gasteiger partial charge >= 0.3 is 5.00 Å². The molecule has 0 radical (unpaired) electrons. The molecule has 1 heterocycles. The summed E-state index contributed by atoms with van der Waals surface area (Å²) in [5, 5.41) is 16.0. The summed E-state index contributed by atoms with van der Waals surface area (Å²) in [5.74, 6) is 0. The molecule has 0 saturated carbocycles. The Bertz CT molecular complexity index is 586. The third-order valence-corrected chi connectivity index (χ3v) is 4.46. The quantitative estimate of drug-likeness (QED) is 0.653. The van der Waals surface area contributed by atoms with E-state index in [0.29, 0.717) is 6.54 Å². The zero-order valence-electron chi connectivity index (χ0n) is 10.3. The van der Waals surface area contributed by atoms with Crippen molar-refractivity contribution in [2.45, 2.75) is 19.5 Å². The summed E-state index contributed by atoms with van der Waals surface area (Å²) < 4.78 is 1.06. The fraction of sp³-hybridized carbons (Fsp3) is 0.231. The van der Waals surface area contributed by atoms with E-state index in [9.17, 15) is 10.1 Å². The average Bonchev–Trinajstić information content (AvgIpc) is 2.85. The van der Waals surface area contributed by atoms with Crippen molar-refractivity contribution in [3.8, 4) is 0 Å². The Hall–Kier alpha value is -1.24. The van der Waals surface area contributed by atoms with Crippen molar-refractivity contribution in [1.29, 1.82) is 0 Å². The van der Waals surface area contributed by atoms with Gasteiger partial charge in [-0.1, -0.05) is 45.5 Å². The van der Waals surface area contributed by atoms with Crippen LogP contribution in [-0.4, -0.2) is 4.92 Å². The first-order valence-electron chi connectivity index (χ1n) is 5.77. The van der Waals surface area contributed by atoms with Crippen LogP contribution in [0.3, 0.4) is 0 Å². The number of rotatable bonds is 5. The van der Waals surface area contributed by atoms with Gasteiger partial charge in [0, 0.05) is 28.5 Å². The van der Waals surface area contributed by atoms with Gasteiger partial charge in [0.1, 0.15) is 0 Å². The number of hydrogen-bond donors (Lipinski definition) is 1. The number of nitro groups is 1. The van der Waals surface area contributed by atoms with Gasteiger partial charge in [0.25, 0.3) is 0 Å². The minimum Gasteiger partial charge on any atom is -0.306 e. The molecule has 0 aliphatic heterocycles. The minimum absolute atomic E-state index is 0.175. The summed E-state index contributed by atoms with van der Waals surface area (Å²) in [4.78, 5) is 10.3. The summed E-state index contributed by atoms with van der Waals surface area (Å²) in [5.41, 5.74) is 2.11. The highest BCUT2D eigenvalue weighted by atomic mass is 79.9. The summed E-state index contributed by atoms with van der Waals surface area (Å²) in [7, 11) is 0. The third kappa shape index (κ3) is 3.62. The molecule has 0 aliphatic carbocycles. The van der Waals surface area contributed by atoms with E-state index in [1.165, 1.54) is 5.56 Å². The van der Waals surface area contributed by atoms with Gasteiger partial charge < -0.3 is 5.32 Å². The summed E-state index contributed by atoms with van der Waals surface area (Å²) in [6, 6.07) is 9.82. The predicted octanol–water partition coefficient (Wildman–Crippen LogP) is 4.27. The topological polar surface area (TPSA) is 55.2 Å². The molecule has 0 unspecified atom stereocenters. The normalized spacial score (nSPS) is 12.3. The third-order valence-electron chi connectivity index (χ3n) is 2.80. The molecule has 0 fully saturated rings. The van der Waals surface area contributed by atoms with E-state index in [1.54, 1.807) is 6.07 Å². The molecule has 2 rings (SSSR count). The lowest BCUT2D eigenvalue weighted by Crippen LogP contribution is -2.18. The number of hydrogen-bond acceptors (Lipinski definition) is 4. The second kappa shape index (κ2) is 6.27. The second-order valence-corrected chi connectivity index (χ2v) is 5.92. The van der Waals surface area contributed by atoms with Gasteiger partial charge in [-0.3, -0.25) is 10.1 Å². The predicted molar refractivity (Wildman–Crippen MR) is 80.4 cm³/mol. The summed E-state index contributed by atoms with van der Waals surface area (Å²) >= 11 is 4.68. The van der Waals surface area contributed by atoms with Crippen LogP contribution in [0.2, 0.25) is 0 Å². The Morgan fingerprint density at radius 1 is 1.47 bits per heavy atom. The Labute approximate surface area is 123 Å². The van der Waals surface area contributed by atoms with E-state index in [-0.39, 0.29) is 16.0 Å². The molecule has 2 aromatic rings. The molecule has 0 amide bonds. The molecule has 1 aromatic carbocycles. The van der Waals surface area contributed by atoms with Crippen molar-refractivity contribution in [2.75, 3.05) is 0 Å². The number of halogens is 1. The smallest absolute Gasteiger partial charge is 0.306 e. The second-order valence-electron chi connectivity index (χ2n) is 4.17. The monoisotopic (exact) mass is 340 g/mol. The van der Waals surface area contributed by atoms with Crippen molar-refractivity contribution in [3.63, 3.8) is 0 Å². The number of benzene rings is 1. The fourth-order valence-electron chi connectivity index (χ4n) is 1.76. The van der Waals surface area contributed by atoms with E-state index in [1.807, 2.05) is 23.6 Å². The zero-order valence-corrected chi connectivity index (χ0v) is 12.7. The van der Waals surface area contributed by atoms with Gasteiger partial charge in [0.05, 0.1) is 4.92 Å². The molecule has 4 nitrogen and oxygen atoms in total. The van der Waals surface area contributed by atoms with Gasteiger partial charge in [0.15, 0.2) is 0 Å². The van der Waals surface area contributed by atoms with Crippen LogP contribution in [0.1, 0.15) is 24.1 Å². The number of nitrogens with one attached hydrogen (secondary N) is 1. The molecule has 1 atom stereocenters. The van der Waals surface area contributed by atoms with E-state index >= 15 is 0 Å². The van der Waals surface area contributed by atoms with Crippen LogP contribution in [0, 0.1) is 10.1 Å². The van der Waals surface area contributed by atoms with E-state index in [0.717, 1.165) is 21.4 Å². The average molecular weight is 341 g/mol. The molecule has 6 heteroatoms. The van der Waals surface area contributed by atoms with E-state index < -0.39 is 0 Å². The zero-order chi connectivity index (χ0) is 13.8. The minimum atomic E-state index is -0.356. The molecule has 100 valence electrons. The Morgan fingerprint density at radius 3 is 2.84 bits per heavy atom. The van der Waals surface area contributed by atoms with Crippen LogP contribution in [0.4, 0.5) is 5.00 Å². The van der Waals surface area contributed by atoms with Crippen molar-refractivity contribution >= 4 is 32.3 Å². The highest BCUT2D eigenvalue weighted by Crippen LogP contribution is 2.25. The van der Waals surface area contributed by atoms with Crippen LogP contribution in [0.5, 0.6) is 0 Å². The first-order chi connectivity index (χ1) is 9.08. The lowest BCUT2D eigenvalue weighted by atomic mass is 10.1. The molecule has 1 aromatic heterocycles. The van der Waals surface area contributed by atoms with E-state index in [2.05, 4.69) is 34.2 Å². The molecular formula is C13H13BrN2O2S. The summed E-state index contributed by atoms with van der Waals surface area (Å²) in [6.07, 6.45) is 0. The Kier molecular flexibility index (Phi) is 4.68. The first-order valence-corrected chi connectivity index (χ1v) is 7.45. The molecule has 1 N–H and O–H groups in total. The van der Waals surface area contributed by atoms with Crippen LogP contribution in [0.15, 0.2) is 40.2 Å². The van der Waals surface area contributed by atoms with Gasteiger partial charge in [-0.05, 0) is 24.1 Å². The van der Waals surface area contributed by atoms with Crippen molar-refractivity contribution < 1.29 is 4.92 Å². The standard InChI is InChI=1S/C13H13BrN2O2S/c1-9(11-4-2-3-5-12(11)14)15-7-10-6-13(16(17)18)19-8-10/h2-6,8-9,15H,7H2,1H3/t9-/m0/s1. The maximum Gasteiger partial charge on any atom is 0.324 e. The molecule has 0 bridgehead atoms. The van der Waals surface area contributed by atoms with Crippen LogP contribution in [-0.2, 0) is 6.54 Å². The fourth-order valence-corrected chi connectivity index (χ4v) is 3.12. The maximum absolute atomic E-state index is 10.6. The largest absolute Gasteiger partial charge is 0.324 e. The lowest BCUT2D eigenvalue weighted by molar-refractivity contribution is -0.380.